The second kappa shape index (κ2) is 4.97. The highest BCUT2D eigenvalue weighted by Gasteiger charge is 2.25. The summed E-state index contributed by atoms with van der Waals surface area (Å²) in [6.07, 6.45) is 3.63. The van der Waals surface area contributed by atoms with Crippen molar-refractivity contribution in [2.75, 3.05) is 6.61 Å². The van der Waals surface area contributed by atoms with E-state index in [1.807, 2.05) is 0 Å². The Bertz CT molecular complexity index is 399. The number of hydrogen-bond acceptors (Lipinski definition) is 2. The molecule has 2 atom stereocenters. The predicted molar refractivity (Wildman–Crippen MR) is 67.1 cm³/mol. The van der Waals surface area contributed by atoms with Gasteiger partial charge in [-0.25, -0.2) is 0 Å². The van der Waals surface area contributed by atoms with Crippen molar-refractivity contribution in [1.29, 1.82) is 0 Å². The van der Waals surface area contributed by atoms with Crippen LogP contribution in [0.4, 0.5) is 0 Å². The molecule has 1 fully saturated rings. The molecule has 0 radical (unpaired) electrons. The van der Waals surface area contributed by atoms with Crippen LogP contribution in [-0.2, 0) is 22.7 Å². The average Bonchev–Trinajstić information content (AvgIpc) is 2.86. The number of rotatable bonds is 2. The molecule has 0 aromatic heterocycles. The van der Waals surface area contributed by atoms with E-state index < -0.39 is 0 Å². The van der Waals surface area contributed by atoms with Crippen LogP contribution in [0, 0.1) is 0 Å². The van der Waals surface area contributed by atoms with Crippen molar-refractivity contribution >= 4 is 11.6 Å². The summed E-state index contributed by atoms with van der Waals surface area (Å²) < 4.78 is 11.2. The molecule has 0 aliphatic carbocycles. The number of fused-ring (bicyclic) bond motifs is 1. The van der Waals surface area contributed by atoms with Crippen molar-refractivity contribution in [2.24, 2.45) is 0 Å². The first kappa shape index (κ1) is 11.5. The van der Waals surface area contributed by atoms with Gasteiger partial charge in [0.05, 0.1) is 24.7 Å². The average molecular weight is 253 g/mol. The lowest BCUT2D eigenvalue weighted by molar-refractivity contribution is 0.0135. The molecule has 2 aliphatic heterocycles. The first-order valence-electron chi connectivity index (χ1n) is 6.30. The molecule has 1 aromatic carbocycles. The van der Waals surface area contributed by atoms with Gasteiger partial charge in [0, 0.05) is 6.61 Å². The van der Waals surface area contributed by atoms with E-state index in [4.69, 9.17) is 21.1 Å². The second-order valence-corrected chi connectivity index (χ2v) is 5.30. The summed E-state index contributed by atoms with van der Waals surface area (Å²) in [5, 5.41) is -0.0267. The molecule has 17 heavy (non-hydrogen) atoms. The summed E-state index contributed by atoms with van der Waals surface area (Å²) in [5.74, 6) is 0. The van der Waals surface area contributed by atoms with Crippen molar-refractivity contribution in [3.8, 4) is 0 Å². The van der Waals surface area contributed by atoms with Gasteiger partial charge in [0.2, 0.25) is 0 Å². The van der Waals surface area contributed by atoms with Crippen LogP contribution in [0.25, 0.3) is 0 Å². The largest absolute Gasteiger partial charge is 0.376 e. The van der Waals surface area contributed by atoms with Crippen molar-refractivity contribution in [3.63, 3.8) is 0 Å². The quantitative estimate of drug-likeness (QED) is 0.750. The molecule has 2 heterocycles. The van der Waals surface area contributed by atoms with Crippen LogP contribution < -0.4 is 0 Å². The summed E-state index contributed by atoms with van der Waals surface area (Å²) >= 11 is 6.52. The lowest BCUT2D eigenvalue weighted by Crippen LogP contribution is -2.23. The first-order chi connectivity index (χ1) is 8.34. The van der Waals surface area contributed by atoms with Crippen molar-refractivity contribution < 1.29 is 9.47 Å². The molecule has 3 rings (SSSR count). The molecule has 2 aliphatic rings. The fourth-order valence-electron chi connectivity index (χ4n) is 2.57. The van der Waals surface area contributed by atoms with Gasteiger partial charge in [-0.1, -0.05) is 18.2 Å². The second-order valence-electron chi connectivity index (χ2n) is 4.83. The highest BCUT2D eigenvalue weighted by atomic mass is 35.5. The SMILES string of the molecule is ClC(c1ccc2c(c1)COC2)C1CCCCO1. The maximum absolute atomic E-state index is 6.52. The Kier molecular flexibility index (Phi) is 3.37. The Balaban J connectivity index is 1.78. The van der Waals surface area contributed by atoms with E-state index in [1.165, 1.54) is 23.1 Å². The van der Waals surface area contributed by atoms with Crippen LogP contribution in [-0.4, -0.2) is 12.7 Å². The summed E-state index contributed by atoms with van der Waals surface area (Å²) in [6, 6.07) is 6.43. The van der Waals surface area contributed by atoms with Gasteiger partial charge in [0.1, 0.15) is 0 Å². The number of benzene rings is 1. The third kappa shape index (κ3) is 2.35. The molecule has 0 N–H and O–H groups in total. The van der Waals surface area contributed by atoms with Crippen LogP contribution in [0.3, 0.4) is 0 Å². The molecule has 92 valence electrons. The van der Waals surface area contributed by atoms with Crippen LogP contribution in [0.5, 0.6) is 0 Å². The number of alkyl halides is 1. The van der Waals surface area contributed by atoms with E-state index >= 15 is 0 Å². The van der Waals surface area contributed by atoms with E-state index in [0.717, 1.165) is 32.7 Å². The van der Waals surface area contributed by atoms with Gasteiger partial charge < -0.3 is 9.47 Å². The van der Waals surface area contributed by atoms with Gasteiger partial charge in [0.15, 0.2) is 0 Å². The maximum Gasteiger partial charge on any atom is 0.0847 e. The highest BCUT2D eigenvalue weighted by Crippen LogP contribution is 2.33. The van der Waals surface area contributed by atoms with Crippen LogP contribution in [0.15, 0.2) is 18.2 Å². The summed E-state index contributed by atoms with van der Waals surface area (Å²) in [5.41, 5.74) is 3.74. The molecule has 1 aromatic rings. The fourth-order valence-corrected chi connectivity index (χ4v) is 2.91. The summed E-state index contributed by atoms with van der Waals surface area (Å²) in [4.78, 5) is 0. The first-order valence-corrected chi connectivity index (χ1v) is 6.73. The van der Waals surface area contributed by atoms with Crippen molar-refractivity contribution in [3.05, 3.63) is 34.9 Å². The summed E-state index contributed by atoms with van der Waals surface area (Å²) in [7, 11) is 0. The fraction of sp³-hybridized carbons (Fsp3) is 0.571. The summed E-state index contributed by atoms with van der Waals surface area (Å²) in [6.45, 7) is 2.31. The number of halogens is 1. The molecular weight excluding hydrogens is 236 g/mol. The van der Waals surface area contributed by atoms with Gasteiger partial charge in [-0.2, -0.15) is 0 Å². The van der Waals surface area contributed by atoms with E-state index in [1.54, 1.807) is 0 Å². The molecular formula is C14H17ClO2. The zero-order valence-electron chi connectivity index (χ0n) is 9.82. The maximum atomic E-state index is 6.52. The number of hydrogen-bond donors (Lipinski definition) is 0. The van der Waals surface area contributed by atoms with Gasteiger partial charge in [-0.3, -0.25) is 0 Å². The number of ether oxygens (including phenoxy) is 2. The molecule has 1 saturated heterocycles. The molecule has 0 bridgehead atoms. The van der Waals surface area contributed by atoms with Crippen molar-refractivity contribution in [1.82, 2.24) is 0 Å². The van der Waals surface area contributed by atoms with E-state index in [0.29, 0.717) is 0 Å². The Morgan fingerprint density at radius 1 is 1.18 bits per heavy atom. The predicted octanol–water partition coefficient (Wildman–Crippen LogP) is 3.57. The Labute approximate surface area is 107 Å². The third-order valence-corrected chi connectivity index (χ3v) is 4.14. The van der Waals surface area contributed by atoms with Gasteiger partial charge >= 0.3 is 0 Å². The van der Waals surface area contributed by atoms with Gasteiger partial charge in [0.25, 0.3) is 0 Å². The molecule has 2 unspecified atom stereocenters. The topological polar surface area (TPSA) is 18.5 Å². The van der Waals surface area contributed by atoms with Gasteiger partial charge in [-0.15, -0.1) is 11.6 Å². The zero-order chi connectivity index (χ0) is 11.7. The zero-order valence-corrected chi connectivity index (χ0v) is 10.6. The Hall–Kier alpha value is -0.570. The van der Waals surface area contributed by atoms with E-state index in [2.05, 4.69) is 18.2 Å². The standard InChI is InChI=1S/C14H17ClO2/c15-14(13-3-1-2-6-17-13)10-4-5-11-8-16-9-12(11)7-10/h4-5,7,13-14H,1-3,6,8-9H2. The minimum Gasteiger partial charge on any atom is -0.376 e. The highest BCUT2D eigenvalue weighted by molar-refractivity contribution is 6.21. The monoisotopic (exact) mass is 252 g/mol. The minimum absolute atomic E-state index is 0.0267. The van der Waals surface area contributed by atoms with Crippen molar-refractivity contribution in [2.45, 2.75) is 44.0 Å². The lowest BCUT2D eigenvalue weighted by atomic mass is 9.98. The van der Waals surface area contributed by atoms with Gasteiger partial charge in [-0.05, 0) is 36.0 Å². The van der Waals surface area contributed by atoms with Crippen LogP contribution >= 0.6 is 11.6 Å². The third-order valence-electron chi connectivity index (χ3n) is 3.61. The minimum atomic E-state index is -0.0267. The lowest BCUT2D eigenvalue weighted by Gasteiger charge is -2.27. The molecule has 0 spiro atoms. The van der Waals surface area contributed by atoms with E-state index in [-0.39, 0.29) is 11.5 Å². The molecule has 0 saturated carbocycles. The molecule has 2 nitrogen and oxygen atoms in total. The van der Waals surface area contributed by atoms with Crippen LogP contribution in [0.1, 0.15) is 41.3 Å². The van der Waals surface area contributed by atoms with Crippen LogP contribution in [0.2, 0.25) is 0 Å². The Morgan fingerprint density at radius 3 is 2.88 bits per heavy atom. The smallest absolute Gasteiger partial charge is 0.0847 e. The normalized spacial score (nSPS) is 25.6. The molecule has 3 heteroatoms. The van der Waals surface area contributed by atoms with E-state index in [9.17, 15) is 0 Å². The Morgan fingerprint density at radius 2 is 2.06 bits per heavy atom. The molecule has 0 amide bonds.